The van der Waals surface area contributed by atoms with E-state index in [-0.39, 0.29) is 17.7 Å². The zero-order valence-corrected chi connectivity index (χ0v) is 16.5. The Bertz CT molecular complexity index is 1140. The van der Waals surface area contributed by atoms with Crippen molar-refractivity contribution in [3.8, 4) is 17.2 Å². The summed E-state index contributed by atoms with van der Waals surface area (Å²) in [6.07, 6.45) is 6.59. The van der Waals surface area contributed by atoms with Gasteiger partial charge in [0.05, 0.1) is 17.2 Å². The number of nitrogens with one attached hydrogen (secondary N) is 3. The van der Waals surface area contributed by atoms with Crippen LogP contribution in [-0.2, 0) is 4.79 Å². The first-order valence-corrected chi connectivity index (χ1v) is 9.23. The molecule has 0 saturated carbocycles. The van der Waals surface area contributed by atoms with Gasteiger partial charge in [-0.15, -0.1) is 0 Å². The lowest BCUT2D eigenvalue weighted by atomic mass is 9.98. The second-order valence-corrected chi connectivity index (χ2v) is 6.98. The second-order valence-electron chi connectivity index (χ2n) is 6.98. The van der Waals surface area contributed by atoms with Crippen molar-refractivity contribution in [3.05, 3.63) is 47.8 Å². The number of fused-ring (bicyclic) bond motifs is 1. The topological polar surface area (TPSA) is 118 Å². The highest BCUT2D eigenvalue weighted by atomic mass is 16.1. The minimum atomic E-state index is -0.247. The third-order valence-corrected chi connectivity index (χ3v) is 4.66. The maximum absolute atomic E-state index is 12.0. The van der Waals surface area contributed by atoms with Gasteiger partial charge in [0, 0.05) is 48.7 Å². The molecule has 2 aromatic heterocycles. The SMILES string of the molecule is CN=CC(C=N)c1cnc2[nH]cc(-c3ccc(NC(=O)C(C)C)c(C#N)c3)c2c1. The Morgan fingerprint density at radius 3 is 2.83 bits per heavy atom. The van der Waals surface area contributed by atoms with Crippen molar-refractivity contribution < 1.29 is 4.79 Å². The number of benzene rings is 1. The molecule has 7 heteroatoms. The van der Waals surface area contributed by atoms with Gasteiger partial charge in [-0.2, -0.15) is 5.26 Å². The number of pyridine rings is 1. The third-order valence-electron chi connectivity index (χ3n) is 4.66. The highest BCUT2D eigenvalue weighted by Crippen LogP contribution is 2.32. The van der Waals surface area contributed by atoms with E-state index in [2.05, 4.69) is 26.3 Å². The smallest absolute Gasteiger partial charge is 0.226 e. The van der Waals surface area contributed by atoms with Crippen LogP contribution >= 0.6 is 0 Å². The summed E-state index contributed by atoms with van der Waals surface area (Å²) in [6.45, 7) is 3.61. The molecular formula is C22H22N6O. The molecule has 2 heterocycles. The average Bonchev–Trinajstić information content (AvgIpc) is 3.15. The monoisotopic (exact) mass is 386 g/mol. The molecule has 3 rings (SSSR count). The summed E-state index contributed by atoms with van der Waals surface area (Å²) in [5.41, 5.74) is 4.20. The van der Waals surface area contributed by atoms with Crippen LogP contribution in [0.3, 0.4) is 0 Å². The van der Waals surface area contributed by atoms with Crippen LogP contribution in [0.15, 0.2) is 41.7 Å². The first kappa shape index (κ1) is 20.0. The van der Waals surface area contributed by atoms with Crippen molar-refractivity contribution >= 4 is 35.1 Å². The standard InChI is InChI=1S/C22H22N6O/c1-13(2)22(29)28-20-5-4-14(6-15(20)8-23)19-12-27-21-18(19)7-16(11-26-21)17(9-24)10-25-3/h4-7,9-13,17,24H,1-3H3,(H,26,27)(H,28,29). The number of aliphatic imine (C=N–C) groups is 1. The van der Waals surface area contributed by atoms with Gasteiger partial charge in [0.25, 0.3) is 0 Å². The van der Waals surface area contributed by atoms with E-state index in [4.69, 9.17) is 5.41 Å². The highest BCUT2D eigenvalue weighted by molar-refractivity contribution is 5.98. The molecule has 7 nitrogen and oxygen atoms in total. The van der Waals surface area contributed by atoms with Crippen molar-refractivity contribution in [1.29, 1.82) is 10.7 Å². The van der Waals surface area contributed by atoms with E-state index in [1.54, 1.807) is 45.4 Å². The van der Waals surface area contributed by atoms with E-state index in [0.29, 0.717) is 11.3 Å². The Kier molecular flexibility index (Phi) is 5.84. The van der Waals surface area contributed by atoms with Crippen LogP contribution in [-0.4, -0.2) is 35.4 Å². The molecule has 146 valence electrons. The Morgan fingerprint density at radius 1 is 1.38 bits per heavy atom. The number of aromatic amines is 1. The minimum absolute atomic E-state index is 0.134. The molecule has 0 bridgehead atoms. The summed E-state index contributed by atoms with van der Waals surface area (Å²) in [4.78, 5) is 23.6. The van der Waals surface area contributed by atoms with Crippen molar-refractivity contribution in [1.82, 2.24) is 9.97 Å². The van der Waals surface area contributed by atoms with Gasteiger partial charge in [-0.3, -0.25) is 9.79 Å². The van der Waals surface area contributed by atoms with Crippen LogP contribution in [0.25, 0.3) is 22.2 Å². The highest BCUT2D eigenvalue weighted by Gasteiger charge is 2.15. The quantitative estimate of drug-likeness (QED) is 0.553. The van der Waals surface area contributed by atoms with E-state index in [9.17, 15) is 10.1 Å². The number of H-pyrrole nitrogens is 1. The van der Waals surface area contributed by atoms with Crippen LogP contribution in [0.4, 0.5) is 5.69 Å². The van der Waals surface area contributed by atoms with Gasteiger partial charge in [0.2, 0.25) is 5.91 Å². The Labute approximate surface area is 169 Å². The first-order valence-electron chi connectivity index (χ1n) is 9.23. The van der Waals surface area contributed by atoms with Gasteiger partial charge in [-0.05, 0) is 29.3 Å². The molecule has 0 saturated heterocycles. The average molecular weight is 386 g/mol. The summed E-state index contributed by atoms with van der Waals surface area (Å²) in [5, 5.41) is 20.9. The van der Waals surface area contributed by atoms with Crippen LogP contribution in [0.2, 0.25) is 0 Å². The number of aromatic nitrogens is 2. The number of rotatable bonds is 6. The summed E-state index contributed by atoms with van der Waals surface area (Å²) in [5.74, 6) is -0.554. The Morgan fingerprint density at radius 2 is 2.17 bits per heavy atom. The lowest BCUT2D eigenvalue weighted by Crippen LogP contribution is -2.18. The van der Waals surface area contributed by atoms with Crippen molar-refractivity contribution in [2.24, 2.45) is 10.9 Å². The first-order chi connectivity index (χ1) is 14.0. The van der Waals surface area contributed by atoms with Gasteiger partial charge < -0.3 is 15.7 Å². The lowest BCUT2D eigenvalue weighted by molar-refractivity contribution is -0.118. The van der Waals surface area contributed by atoms with Gasteiger partial charge in [0.15, 0.2) is 0 Å². The zero-order chi connectivity index (χ0) is 21.0. The number of carbonyl (C=O) groups excluding carboxylic acids is 1. The van der Waals surface area contributed by atoms with Crippen LogP contribution in [0.5, 0.6) is 0 Å². The maximum atomic E-state index is 12.0. The van der Waals surface area contributed by atoms with Gasteiger partial charge in [0.1, 0.15) is 11.7 Å². The van der Waals surface area contributed by atoms with E-state index < -0.39 is 0 Å². The molecule has 0 spiro atoms. The normalized spacial score (nSPS) is 12.2. The van der Waals surface area contributed by atoms with Gasteiger partial charge >= 0.3 is 0 Å². The summed E-state index contributed by atoms with van der Waals surface area (Å²) < 4.78 is 0. The van der Waals surface area contributed by atoms with Crippen molar-refractivity contribution in [2.75, 3.05) is 12.4 Å². The van der Waals surface area contributed by atoms with Gasteiger partial charge in [-0.25, -0.2) is 4.98 Å². The fourth-order valence-corrected chi connectivity index (χ4v) is 3.02. The zero-order valence-electron chi connectivity index (χ0n) is 16.5. The molecule has 1 unspecified atom stereocenters. The minimum Gasteiger partial charge on any atom is -0.346 e. The fourth-order valence-electron chi connectivity index (χ4n) is 3.02. The Balaban J connectivity index is 2.05. The van der Waals surface area contributed by atoms with Gasteiger partial charge in [-0.1, -0.05) is 19.9 Å². The molecule has 0 aliphatic carbocycles. The molecule has 0 aliphatic heterocycles. The second kappa shape index (κ2) is 8.48. The number of anilines is 1. The number of hydrogen-bond donors (Lipinski definition) is 3. The maximum Gasteiger partial charge on any atom is 0.226 e. The molecule has 1 aromatic carbocycles. The summed E-state index contributed by atoms with van der Waals surface area (Å²) in [6, 6.07) is 9.51. The summed E-state index contributed by atoms with van der Waals surface area (Å²) >= 11 is 0. The molecule has 3 N–H and O–H groups in total. The molecule has 1 atom stereocenters. The van der Waals surface area contributed by atoms with E-state index in [0.717, 1.165) is 27.7 Å². The molecule has 0 radical (unpaired) electrons. The number of nitriles is 1. The summed E-state index contributed by atoms with van der Waals surface area (Å²) in [7, 11) is 1.67. The van der Waals surface area contributed by atoms with E-state index in [1.807, 2.05) is 18.3 Å². The number of nitrogens with zero attached hydrogens (tertiary/aromatic N) is 3. The van der Waals surface area contributed by atoms with E-state index >= 15 is 0 Å². The predicted molar refractivity (Wildman–Crippen MR) is 116 cm³/mol. The predicted octanol–water partition coefficient (Wildman–Crippen LogP) is 4.13. The molecule has 3 aromatic rings. The molecular weight excluding hydrogens is 364 g/mol. The molecule has 29 heavy (non-hydrogen) atoms. The van der Waals surface area contributed by atoms with Crippen molar-refractivity contribution in [3.63, 3.8) is 0 Å². The largest absolute Gasteiger partial charge is 0.346 e. The van der Waals surface area contributed by atoms with Crippen LogP contribution < -0.4 is 5.32 Å². The number of amides is 1. The molecule has 0 aliphatic rings. The number of carbonyl (C=O) groups is 1. The van der Waals surface area contributed by atoms with Crippen LogP contribution in [0, 0.1) is 22.7 Å². The van der Waals surface area contributed by atoms with Crippen LogP contribution in [0.1, 0.15) is 30.9 Å². The lowest BCUT2D eigenvalue weighted by Gasteiger charge is -2.11. The Hall–Kier alpha value is -3.79. The third kappa shape index (κ3) is 4.06. The molecule has 1 amide bonds. The fraction of sp³-hybridized carbons (Fsp3) is 0.227. The molecule has 0 fully saturated rings. The number of hydrogen-bond acceptors (Lipinski definition) is 5. The van der Waals surface area contributed by atoms with E-state index in [1.165, 1.54) is 6.21 Å². The van der Waals surface area contributed by atoms with Crippen molar-refractivity contribution in [2.45, 2.75) is 19.8 Å².